The van der Waals surface area contributed by atoms with Crippen LogP contribution in [0.2, 0.25) is 0 Å². The van der Waals surface area contributed by atoms with Gasteiger partial charge < -0.3 is 10.1 Å². The van der Waals surface area contributed by atoms with E-state index in [1.165, 1.54) is 0 Å². The highest BCUT2D eigenvalue weighted by Crippen LogP contribution is 2.33. The second kappa shape index (κ2) is 6.98. The van der Waals surface area contributed by atoms with Crippen LogP contribution in [0, 0.1) is 0 Å². The molecule has 6 heteroatoms. The Hall–Kier alpha value is -0.980. The van der Waals surface area contributed by atoms with Gasteiger partial charge in [0, 0.05) is 16.6 Å². The summed E-state index contributed by atoms with van der Waals surface area (Å²) >= 11 is 5.14. The maximum absolute atomic E-state index is 5.24. The third-order valence-corrected chi connectivity index (χ3v) is 4.22. The SMILES string of the molecule is CCCNCc1nnc(-c2cc(OC)ccc2Br)s1. The first-order chi connectivity index (χ1) is 9.24. The van der Waals surface area contributed by atoms with Crippen molar-refractivity contribution >= 4 is 27.3 Å². The van der Waals surface area contributed by atoms with E-state index in [2.05, 4.69) is 38.4 Å². The minimum absolute atomic E-state index is 0.771. The van der Waals surface area contributed by atoms with Crippen molar-refractivity contribution in [1.29, 1.82) is 0 Å². The maximum atomic E-state index is 5.24. The highest BCUT2D eigenvalue weighted by molar-refractivity contribution is 9.10. The third kappa shape index (κ3) is 3.75. The first-order valence-electron chi connectivity index (χ1n) is 6.11. The second-order valence-corrected chi connectivity index (χ2v) is 5.94. The summed E-state index contributed by atoms with van der Waals surface area (Å²) in [6.45, 7) is 3.91. The third-order valence-electron chi connectivity index (χ3n) is 2.57. The number of nitrogens with zero attached hydrogens (tertiary/aromatic N) is 2. The quantitative estimate of drug-likeness (QED) is 0.817. The lowest BCUT2D eigenvalue weighted by Crippen LogP contribution is -2.13. The predicted molar refractivity (Wildman–Crippen MR) is 81.6 cm³/mol. The van der Waals surface area contributed by atoms with Crippen LogP contribution in [-0.2, 0) is 6.54 Å². The van der Waals surface area contributed by atoms with Crippen molar-refractivity contribution in [2.75, 3.05) is 13.7 Å². The van der Waals surface area contributed by atoms with Crippen LogP contribution in [0.25, 0.3) is 10.6 Å². The van der Waals surface area contributed by atoms with Crippen LogP contribution in [0.15, 0.2) is 22.7 Å². The molecule has 0 saturated heterocycles. The monoisotopic (exact) mass is 341 g/mol. The lowest BCUT2D eigenvalue weighted by molar-refractivity contribution is 0.415. The van der Waals surface area contributed by atoms with Crippen molar-refractivity contribution in [2.24, 2.45) is 0 Å². The van der Waals surface area contributed by atoms with Crippen LogP contribution >= 0.6 is 27.3 Å². The molecule has 4 nitrogen and oxygen atoms in total. The van der Waals surface area contributed by atoms with Crippen molar-refractivity contribution in [3.05, 3.63) is 27.7 Å². The summed E-state index contributed by atoms with van der Waals surface area (Å²) in [5, 5.41) is 13.7. The van der Waals surface area contributed by atoms with E-state index in [9.17, 15) is 0 Å². The number of aromatic nitrogens is 2. The number of methoxy groups -OCH3 is 1. The van der Waals surface area contributed by atoms with E-state index >= 15 is 0 Å². The van der Waals surface area contributed by atoms with Crippen molar-refractivity contribution in [3.8, 4) is 16.3 Å². The normalized spacial score (nSPS) is 10.7. The molecule has 19 heavy (non-hydrogen) atoms. The van der Waals surface area contributed by atoms with Crippen molar-refractivity contribution in [2.45, 2.75) is 19.9 Å². The number of rotatable bonds is 6. The molecule has 1 N–H and O–H groups in total. The maximum Gasteiger partial charge on any atom is 0.149 e. The fourth-order valence-corrected chi connectivity index (χ4v) is 3.01. The van der Waals surface area contributed by atoms with Gasteiger partial charge in [0.25, 0.3) is 0 Å². The van der Waals surface area contributed by atoms with Gasteiger partial charge in [-0.15, -0.1) is 10.2 Å². The molecule has 0 aliphatic carbocycles. The lowest BCUT2D eigenvalue weighted by Gasteiger charge is -2.03. The molecule has 0 bridgehead atoms. The largest absolute Gasteiger partial charge is 0.497 e. The van der Waals surface area contributed by atoms with E-state index in [4.69, 9.17) is 4.74 Å². The number of ether oxygens (including phenoxy) is 1. The molecule has 1 heterocycles. The Labute approximate surface area is 125 Å². The van der Waals surface area contributed by atoms with Gasteiger partial charge in [-0.25, -0.2) is 0 Å². The van der Waals surface area contributed by atoms with Gasteiger partial charge in [-0.2, -0.15) is 0 Å². The van der Waals surface area contributed by atoms with E-state index in [1.807, 2.05) is 18.2 Å². The van der Waals surface area contributed by atoms with Gasteiger partial charge in [0.2, 0.25) is 0 Å². The highest BCUT2D eigenvalue weighted by Gasteiger charge is 2.11. The highest BCUT2D eigenvalue weighted by atomic mass is 79.9. The zero-order valence-corrected chi connectivity index (χ0v) is 13.3. The Balaban J connectivity index is 2.17. The molecule has 0 radical (unpaired) electrons. The van der Waals surface area contributed by atoms with Crippen molar-refractivity contribution < 1.29 is 4.74 Å². The smallest absolute Gasteiger partial charge is 0.149 e. The average molecular weight is 342 g/mol. The zero-order chi connectivity index (χ0) is 13.7. The molecule has 0 atom stereocenters. The van der Waals surface area contributed by atoms with Crippen LogP contribution in [0.3, 0.4) is 0 Å². The van der Waals surface area contributed by atoms with Crippen LogP contribution in [0.1, 0.15) is 18.4 Å². The van der Waals surface area contributed by atoms with Crippen LogP contribution in [0.5, 0.6) is 5.75 Å². The van der Waals surface area contributed by atoms with Crippen molar-refractivity contribution in [1.82, 2.24) is 15.5 Å². The lowest BCUT2D eigenvalue weighted by atomic mass is 10.2. The molecule has 0 fully saturated rings. The molecule has 2 aromatic rings. The van der Waals surface area contributed by atoms with Crippen LogP contribution in [-0.4, -0.2) is 23.9 Å². The number of halogens is 1. The van der Waals surface area contributed by atoms with E-state index in [1.54, 1.807) is 18.4 Å². The number of hydrogen-bond acceptors (Lipinski definition) is 5. The summed E-state index contributed by atoms with van der Waals surface area (Å²) in [6.07, 6.45) is 1.12. The molecule has 0 unspecified atom stereocenters. The van der Waals surface area contributed by atoms with E-state index in [0.717, 1.165) is 45.3 Å². The summed E-state index contributed by atoms with van der Waals surface area (Å²) in [5.74, 6) is 0.819. The van der Waals surface area contributed by atoms with Gasteiger partial charge in [-0.1, -0.05) is 34.2 Å². The number of nitrogens with one attached hydrogen (secondary N) is 1. The summed E-state index contributed by atoms with van der Waals surface area (Å²) in [7, 11) is 1.66. The van der Waals surface area contributed by atoms with Crippen LogP contribution in [0.4, 0.5) is 0 Å². The van der Waals surface area contributed by atoms with E-state index in [-0.39, 0.29) is 0 Å². The summed E-state index contributed by atoms with van der Waals surface area (Å²) in [4.78, 5) is 0. The van der Waals surface area contributed by atoms with E-state index < -0.39 is 0 Å². The van der Waals surface area contributed by atoms with Gasteiger partial charge >= 0.3 is 0 Å². The zero-order valence-electron chi connectivity index (χ0n) is 10.9. The molecule has 0 spiro atoms. The molecule has 0 aliphatic heterocycles. The fraction of sp³-hybridized carbons (Fsp3) is 0.385. The Morgan fingerprint density at radius 2 is 2.21 bits per heavy atom. The molecule has 1 aromatic heterocycles. The molecule has 0 aliphatic rings. The predicted octanol–water partition coefficient (Wildman–Crippen LogP) is 3.48. The molecule has 1 aromatic carbocycles. The van der Waals surface area contributed by atoms with Crippen LogP contribution < -0.4 is 10.1 Å². The first kappa shape index (κ1) is 14.4. The number of benzene rings is 1. The molecule has 102 valence electrons. The Morgan fingerprint density at radius 3 is 2.95 bits per heavy atom. The van der Waals surface area contributed by atoms with Gasteiger partial charge in [0.1, 0.15) is 15.8 Å². The van der Waals surface area contributed by atoms with Crippen molar-refractivity contribution in [3.63, 3.8) is 0 Å². The molecule has 0 saturated carbocycles. The minimum atomic E-state index is 0.771. The van der Waals surface area contributed by atoms with Gasteiger partial charge in [0.15, 0.2) is 0 Å². The Morgan fingerprint density at radius 1 is 1.37 bits per heavy atom. The molecular weight excluding hydrogens is 326 g/mol. The fourth-order valence-electron chi connectivity index (χ4n) is 1.60. The topological polar surface area (TPSA) is 47.0 Å². The second-order valence-electron chi connectivity index (χ2n) is 4.02. The standard InChI is InChI=1S/C13H16BrN3OS/c1-3-6-15-8-12-16-17-13(19-12)10-7-9(18-2)4-5-11(10)14/h4-5,7,15H,3,6,8H2,1-2H3. The van der Waals surface area contributed by atoms with Gasteiger partial charge in [-0.05, 0) is 31.2 Å². The Kier molecular flexibility index (Phi) is 5.30. The van der Waals surface area contributed by atoms with Gasteiger partial charge in [0.05, 0.1) is 7.11 Å². The summed E-state index contributed by atoms with van der Waals surface area (Å²) < 4.78 is 6.24. The average Bonchev–Trinajstić information content (AvgIpc) is 2.88. The number of hydrogen-bond donors (Lipinski definition) is 1. The Bertz CT molecular complexity index is 544. The molecular formula is C13H16BrN3OS. The molecule has 2 rings (SSSR count). The molecule has 0 amide bonds. The summed E-state index contributed by atoms with van der Waals surface area (Å²) in [6, 6.07) is 5.84. The first-order valence-corrected chi connectivity index (χ1v) is 7.72. The minimum Gasteiger partial charge on any atom is -0.497 e. The summed E-state index contributed by atoms with van der Waals surface area (Å²) in [5.41, 5.74) is 1.01. The van der Waals surface area contributed by atoms with Gasteiger partial charge in [-0.3, -0.25) is 0 Å². The van der Waals surface area contributed by atoms with E-state index in [0.29, 0.717) is 0 Å².